The molecule has 0 unspecified atom stereocenters. The van der Waals surface area contributed by atoms with Crippen molar-refractivity contribution in [3.05, 3.63) is 35.9 Å². The fourth-order valence-corrected chi connectivity index (χ4v) is 3.98. The van der Waals surface area contributed by atoms with Gasteiger partial charge >= 0.3 is 0 Å². The lowest BCUT2D eigenvalue weighted by molar-refractivity contribution is 0.138. The second-order valence-corrected chi connectivity index (χ2v) is 9.32. The van der Waals surface area contributed by atoms with E-state index in [-0.39, 0.29) is 0 Å². The van der Waals surface area contributed by atoms with Gasteiger partial charge in [0.05, 0.1) is 15.6 Å². The van der Waals surface area contributed by atoms with Gasteiger partial charge in [-0.25, -0.2) is 8.42 Å². The molecule has 0 bridgehead atoms. The Morgan fingerprint density at radius 3 is 1.83 bits per heavy atom. The molecule has 4 heteroatoms. The first-order valence-corrected chi connectivity index (χ1v) is 7.47. The van der Waals surface area contributed by atoms with Crippen molar-refractivity contribution in [3.8, 4) is 0 Å². The van der Waals surface area contributed by atoms with Crippen molar-refractivity contribution in [3.63, 3.8) is 0 Å². The van der Waals surface area contributed by atoms with Gasteiger partial charge in [0.2, 0.25) is 0 Å². The predicted molar refractivity (Wildman–Crippen MR) is 74.2 cm³/mol. The molecule has 18 heavy (non-hydrogen) atoms. The third kappa shape index (κ3) is 2.45. The minimum atomic E-state index is -3.47. The van der Waals surface area contributed by atoms with Crippen LogP contribution in [0.5, 0.6) is 0 Å². The normalized spacial score (nSPS) is 15.4. The molecule has 1 aromatic rings. The molecule has 0 aliphatic rings. The Morgan fingerprint density at radius 2 is 1.44 bits per heavy atom. The maximum atomic E-state index is 12.5. The number of hydrogen-bond donors (Lipinski definition) is 1. The molecule has 3 nitrogen and oxygen atoms in total. The van der Waals surface area contributed by atoms with E-state index in [9.17, 15) is 13.5 Å². The van der Waals surface area contributed by atoms with Crippen LogP contribution in [0.15, 0.2) is 30.3 Å². The van der Waals surface area contributed by atoms with Crippen LogP contribution in [0.1, 0.15) is 46.3 Å². The van der Waals surface area contributed by atoms with Gasteiger partial charge in [-0.1, -0.05) is 30.3 Å². The Balaban J connectivity index is 3.24. The quantitative estimate of drug-likeness (QED) is 0.918. The van der Waals surface area contributed by atoms with Crippen LogP contribution in [-0.4, -0.2) is 23.0 Å². The van der Waals surface area contributed by atoms with Crippen LogP contribution in [0.3, 0.4) is 0 Å². The van der Waals surface area contributed by atoms with Crippen LogP contribution in [0, 0.1) is 0 Å². The summed E-state index contributed by atoms with van der Waals surface area (Å²) >= 11 is 0. The van der Waals surface area contributed by atoms with Crippen molar-refractivity contribution in [2.45, 2.75) is 50.2 Å². The average Bonchev–Trinajstić information content (AvgIpc) is 2.27. The first kappa shape index (κ1) is 15.2. The average molecular weight is 270 g/mol. The van der Waals surface area contributed by atoms with Gasteiger partial charge in [0.25, 0.3) is 0 Å². The lowest BCUT2D eigenvalue weighted by Crippen LogP contribution is -2.47. The number of hydrogen-bond acceptors (Lipinski definition) is 3. The van der Waals surface area contributed by atoms with Crippen LogP contribution in [0.2, 0.25) is 0 Å². The van der Waals surface area contributed by atoms with Gasteiger partial charge in [-0.2, -0.15) is 0 Å². The van der Waals surface area contributed by atoms with Gasteiger partial charge in [-0.05, 0) is 40.2 Å². The molecule has 0 saturated carbocycles. The van der Waals surface area contributed by atoms with E-state index in [1.807, 2.05) is 6.07 Å². The molecule has 0 amide bonds. The maximum absolute atomic E-state index is 12.5. The molecule has 0 aliphatic heterocycles. The largest absolute Gasteiger partial charge is 0.387 e. The van der Waals surface area contributed by atoms with Gasteiger partial charge in [0, 0.05) is 0 Å². The first-order chi connectivity index (χ1) is 8.02. The second-order valence-electron chi connectivity index (χ2n) is 6.03. The van der Waals surface area contributed by atoms with Crippen LogP contribution >= 0.6 is 0 Å². The Labute approximate surface area is 110 Å². The molecule has 1 rings (SSSR count). The van der Waals surface area contributed by atoms with Crippen molar-refractivity contribution in [2.75, 3.05) is 0 Å². The molecule has 0 radical (unpaired) electrons. The van der Waals surface area contributed by atoms with Crippen LogP contribution in [-0.2, 0) is 9.84 Å². The number of rotatable bonds is 3. The molecular formula is C14H22O3S. The molecule has 102 valence electrons. The highest BCUT2D eigenvalue weighted by Crippen LogP contribution is 2.38. The van der Waals surface area contributed by atoms with E-state index in [0.717, 1.165) is 0 Å². The summed E-state index contributed by atoms with van der Waals surface area (Å²) < 4.78 is 22.9. The predicted octanol–water partition coefficient (Wildman–Crippen LogP) is 2.71. The number of benzene rings is 1. The Bertz CT molecular complexity index is 496. The van der Waals surface area contributed by atoms with E-state index in [2.05, 4.69) is 0 Å². The summed E-state index contributed by atoms with van der Waals surface area (Å²) in [6.07, 6.45) is -1.04. The summed E-state index contributed by atoms with van der Waals surface area (Å²) in [5, 5.41) is 10.4. The zero-order chi connectivity index (χ0) is 14.2. The van der Waals surface area contributed by atoms with Gasteiger partial charge in [0.15, 0.2) is 9.84 Å². The van der Waals surface area contributed by atoms with Crippen LogP contribution < -0.4 is 0 Å². The topological polar surface area (TPSA) is 54.4 Å². The number of aliphatic hydroxyl groups is 1. The first-order valence-electron chi connectivity index (χ1n) is 5.99. The fraction of sp³-hybridized carbons (Fsp3) is 0.571. The van der Waals surface area contributed by atoms with Gasteiger partial charge in [-0.3, -0.25) is 0 Å². The van der Waals surface area contributed by atoms with E-state index < -0.39 is 25.4 Å². The van der Waals surface area contributed by atoms with Gasteiger partial charge in [-0.15, -0.1) is 0 Å². The summed E-state index contributed by atoms with van der Waals surface area (Å²) in [7, 11) is -3.47. The van der Waals surface area contributed by atoms with E-state index in [1.165, 1.54) is 0 Å². The van der Waals surface area contributed by atoms with Crippen LogP contribution in [0.25, 0.3) is 0 Å². The summed E-state index contributed by atoms with van der Waals surface area (Å²) in [6, 6.07) is 8.90. The molecule has 0 aliphatic carbocycles. The molecule has 1 aromatic carbocycles. The van der Waals surface area contributed by atoms with Crippen LogP contribution in [0.4, 0.5) is 0 Å². The highest BCUT2D eigenvalue weighted by Gasteiger charge is 2.48. The molecule has 0 aromatic heterocycles. The molecule has 0 heterocycles. The van der Waals surface area contributed by atoms with Crippen molar-refractivity contribution >= 4 is 9.84 Å². The van der Waals surface area contributed by atoms with Gasteiger partial charge < -0.3 is 5.11 Å². The van der Waals surface area contributed by atoms with E-state index in [0.29, 0.717) is 5.56 Å². The number of sulfone groups is 1. The lowest BCUT2D eigenvalue weighted by atomic mass is 9.98. The van der Waals surface area contributed by atoms with Crippen molar-refractivity contribution in [2.24, 2.45) is 0 Å². The minimum absolute atomic E-state index is 0.621. The third-order valence-corrected chi connectivity index (χ3v) is 6.49. The fourth-order valence-electron chi connectivity index (χ4n) is 1.97. The minimum Gasteiger partial charge on any atom is -0.387 e. The second kappa shape index (κ2) is 4.67. The zero-order valence-corrected chi connectivity index (χ0v) is 12.5. The summed E-state index contributed by atoms with van der Waals surface area (Å²) in [6.45, 7) is 8.11. The Hall–Kier alpha value is -0.870. The molecule has 0 fully saturated rings. The number of aliphatic hydroxyl groups excluding tert-OH is 1. The molecule has 1 N–H and O–H groups in total. The molecule has 1 atom stereocenters. The smallest absolute Gasteiger partial charge is 0.163 e. The zero-order valence-electron chi connectivity index (χ0n) is 11.6. The standard InChI is InChI=1S/C14H22O3S/c1-13(2,3)18(16,17)14(4,5)12(15)11-9-7-6-8-10-11/h6-10,12,15H,1-5H3/t12-/m1/s1. The van der Waals surface area contributed by atoms with E-state index >= 15 is 0 Å². The molecule has 0 spiro atoms. The van der Waals surface area contributed by atoms with E-state index in [4.69, 9.17) is 0 Å². The lowest BCUT2D eigenvalue weighted by Gasteiger charge is -2.36. The van der Waals surface area contributed by atoms with Gasteiger partial charge in [0.1, 0.15) is 0 Å². The third-order valence-electron chi connectivity index (χ3n) is 3.27. The molecular weight excluding hydrogens is 248 g/mol. The van der Waals surface area contributed by atoms with Crippen molar-refractivity contribution < 1.29 is 13.5 Å². The Kier molecular flexibility index (Phi) is 3.94. The summed E-state index contributed by atoms with van der Waals surface area (Å²) in [5.74, 6) is 0. The van der Waals surface area contributed by atoms with E-state index in [1.54, 1.807) is 58.9 Å². The van der Waals surface area contributed by atoms with Crippen molar-refractivity contribution in [1.82, 2.24) is 0 Å². The Morgan fingerprint density at radius 1 is 1.00 bits per heavy atom. The monoisotopic (exact) mass is 270 g/mol. The maximum Gasteiger partial charge on any atom is 0.163 e. The molecule has 0 saturated heterocycles. The highest BCUT2D eigenvalue weighted by molar-refractivity contribution is 7.94. The SMILES string of the molecule is CC(C)(C)S(=O)(=O)C(C)(C)[C@H](O)c1ccccc1. The summed E-state index contributed by atoms with van der Waals surface area (Å²) in [5.41, 5.74) is 0.621. The van der Waals surface area contributed by atoms with Crippen molar-refractivity contribution in [1.29, 1.82) is 0 Å². The summed E-state index contributed by atoms with van der Waals surface area (Å²) in [4.78, 5) is 0. The highest BCUT2D eigenvalue weighted by atomic mass is 32.2.